The van der Waals surface area contributed by atoms with Crippen LogP contribution in [0.5, 0.6) is 11.5 Å². The van der Waals surface area contributed by atoms with Crippen molar-refractivity contribution in [2.24, 2.45) is 0 Å². The van der Waals surface area contributed by atoms with Gasteiger partial charge in [-0.25, -0.2) is 4.39 Å². The molecule has 0 radical (unpaired) electrons. The number of aliphatic hydroxyl groups is 1. The molecule has 1 aliphatic heterocycles. The summed E-state index contributed by atoms with van der Waals surface area (Å²) in [6.07, 6.45) is 0. The molecule has 3 aromatic rings. The molecule has 1 unspecified atom stereocenters. The quantitative estimate of drug-likeness (QED) is 0.294. The highest BCUT2D eigenvalue weighted by molar-refractivity contribution is 7.09. The summed E-state index contributed by atoms with van der Waals surface area (Å²) in [7, 11) is 2.80. The van der Waals surface area contributed by atoms with Gasteiger partial charge in [-0.05, 0) is 35.2 Å². The highest BCUT2D eigenvalue weighted by Gasteiger charge is 2.46. The zero-order valence-electron chi connectivity index (χ0n) is 17.7. The van der Waals surface area contributed by atoms with Crippen molar-refractivity contribution in [1.29, 1.82) is 0 Å². The van der Waals surface area contributed by atoms with Crippen molar-refractivity contribution in [3.05, 3.63) is 86.3 Å². The average molecular weight is 488 g/mol. The minimum absolute atomic E-state index is 0.133. The number of methoxy groups -OCH3 is 2. The zero-order chi connectivity index (χ0) is 23.7. The zero-order valence-corrected chi connectivity index (χ0v) is 19.2. The fourth-order valence-electron chi connectivity index (χ4n) is 3.80. The molecule has 4 rings (SSSR count). The Bertz CT molecular complexity index is 1240. The van der Waals surface area contributed by atoms with Crippen LogP contribution in [0.2, 0.25) is 5.02 Å². The highest BCUT2D eigenvalue weighted by atomic mass is 35.5. The first-order chi connectivity index (χ1) is 15.8. The number of aliphatic hydroxyl groups excluding tert-OH is 1. The molecule has 2 heterocycles. The van der Waals surface area contributed by atoms with Gasteiger partial charge in [-0.1, -0.05) is 29.8 Å². The minimum Gasteiger partial charge on any atom is -0.507 e. The molecule has 0 spiro atoms. The molecule has 2 aromatic carbocycles. The van der Waals surface area contributed by atoms with Gasteiger partial charge in [-0.15, -0.1) is 11.3 Å². The molecule has 0 aliphatic carbocycles. The Morgan fingerprint density at radius 1 is 1.12 bits per heavy atom. The van der Waals surface area contributed by atoms with Crippen molar-refractivity contribution in [2.75, 3.05) is 14.2 Å². The summed E-state index contributed by atoms with van der Waals surface area (Å²) in [5.74, 6) is -2.07. The Balaban J connectivity index is 1.92. The number of hydrogen-bond acceptors (Lipinski definition) is 6. The van der Waals surface area contributed by atoms with Crippen LogP contribution in [0.3, 0.4) is 0 Å². The maximum atomic E-state index is 13.6. The lowest BCUT2D eigenvalue weighted by atomic mass is 9.95. The molecule has 1 fully saturated rings. The van der Waals surface area contributed by atoms with Crippen LogP contribution in [0, 0.1) is 5.82 Å². The van der Waals surface area contributed by atoms with E-state index in [-0.39, 0.29) is 34.2 Å². The number of Topliss-reactive ketones (excluding diaryl/α,β-unsaturated/α-hetero) is 1. The number of benzene rings is 2. The van der Waals surface area contributed by atoms with Crippen molar-refractivity contribution >= 4 is 40.4 Å². The topological polar surface area (TPSA) is 76.1 Å². The van der Waals surface area contributed by atoms with Gasteiger partial charge in [0.15, 0.2) is 0 Å². The van der Waals surface area contributed by atoms with Crippen molar-refractivity contribution in [2.45, 2.75) is 12.6 Å². The van der Waals surface area contributed by atoms with Crippen molar-refractivity contribution in [3.63, 3.8) is 0 Å². The number of likely N-dealkylation sites (tertiary alicyclic amines) is 1. The Hall–Kier alpha value is -3.36. The summed E-state index contributed by atoms with van der Waals surface area (Å²) in [6, 6.07) is 11.1. The lowest BCUT2D eigenvalue weighted by Crippen LogP contribution is -2.28. The van der Waals surface area contributed by atoms with E-state index in [1.807, 2.05) is 17.5 Å². The van der Waals surface area contributed by atoms with E-state index in [1.54, 1.807) is 0 Å². The van der Waals surface area contributed by atoms with Crippen LogP contribution >= 0.6 is 22.9 Å². The molecule has 1 saturated heterocycles. The monoisotopic (exact) mass is 487 g/mol. The maximum Gasteiger partial charge on any atom is 0.295 e. The lowest BCUT2D eigenvalue weighted by molar-refractivity contribution is -0.140. The average Bonchev–Trinajstić information content (AvgIpc) is 3.41. The minimum atomic E-state index is -0.931. The van der Waals surface area contributed by atoms with E-state index >= 15 is 0 Å². The van der Waals surface area contributed by atoms with Gasteiger partial charge in [0.25, 0.3) is 11.7 Å². The van der Waals surface area contributed by atoms with Crippen LogP contribution in [-0.2, 0) is 16.1 Å². The van der Waals surface area contributed by atoms with Gasteiger partial charge in [-0.3, -0.25) is 9.59 Å². The van der Waals surface area contributed by atoms with Crippen LogP contribution in [0.1, 0.15) is 22.0 Å². The molecule has 0 saturated carbocycles. The predicted molar refractivity (Wildman–Crippen MR) is 123 cm³/mol. The van der Waals surface area contributed by atoms with Crippen LogP contribution in [0.15, 0.2) is 59.5 Å². The summed E-state index contributed by atoms with van der Waals surface area (Å²) in [5.41, 5.74) is 0.486. The van der Waals surface area contributed by atoms with Crippen molar-refractivity contribution < 1.29 is 28.6 Å². The molecule has 9 heteroatoms. The Labute approximate surface area is 198 Å². The van der Waals surface area contributed by atoms with Gasteiger partial charge in [0, 0.05) is 10.9 Å². The van der Waals surface area contributed by atoms with E-state index in [2.05, 4.69) is 0 Å². The number of ketones is 1. The van der Waals surface area contributed by atoms with Crippen molar-refractivity contribution in [1.82, 2.24) is 4.90 Å². The third kappa shape index (κ3) is 4.19. The third-order valence-corrected chi connectivity index (χ3v) is 6.52. The van der Waals surface area contributed by atoms with Gasteiger partial charge >= 0.3 is 0 Å². The first-order valence-corrected chi connectivity index (χ1v) is 11.1. The van der Waals surface area contributed by atoms with E-state index in [0.29, 0.717) is 5.56 Å². The molecule has 33 heavy (non-hydrogen) atoms. The van der Waals surface area contributed by atoms with Gasteiger partial charge in [-0.2, -0.15) is 0 Å². The van der Waals surface area contributed by atoms with Crippen LogP contribution in [-0.4, -0.2) is 35.9 Å². The smallest absolute Gasteiger partial charge is 0.295 e. The van der Waals surface area contributed by atoms with Crippen LogP contribution < -0.4 is 9.47 Å². The summed E-state index contributed by atoms with van der Waals surface area (Å²) in [6.45, 7) is 0.155. The third-order valence-electron chi connectivity index (χ3n) is 5.36. The number of carbonyl (C=O) groups is 2. The number of ether oxygens (including phenoxy) is 2. The SMILES string of the molecule is COc1cc(/C(O)=C2\C(=O)C(=O)N(Cc3cccs3)C2c2ccc(F)cc2)c(OC)cc1Cl. The molecule has 1 amide bonds. The lowest BCUT2D eigenvalue weighted by Gasteiger charge is -2.25. The standard InChI is InChI=1S/C24H19ClFNO5S/c1-31-18-11-17(25)19(32-2)10-16(18)22(28)20-21(13-5-7-14(26)8-6-13)27(24(30)23(20)29)12-15-4-3-9-33-15/h3-11,21,28H,12H2,1-2H3/b22-20+. The second-order valence-corrected chi connectivity index (χ2v) is 8.68. The van der Waals surface area contributed by atoms with Gasteiger partial charge in [0.05, 0.1) is 43.0 Å². The molecule has 0 bridgehead atoms. The van der Waals surface area contributed by atoms with E-state index in [0.717, 1.165) is 4.88 Å². The Morgan fingerprint density at radius 2 is 1.82 bits per heavy atom. The fraction of sp³-hybridized carbons (Fsp3) is 0.167. The van der Waals surface area contributed by atoms with Gasteiger partial charge in [0.2, 0.25) is 0 Å². The number of carbonyl (C=O) groups excluding carboxylic acids is 2. The van der Waals surface area contributed by atoms with E-state index in [9.17, 15) is 19.1 Å². The summed E-state index contributed by atoms with van der Waals surface area (Å²) < 4.78 is 24.2. The first-order valence-electron chi connectivity index (χ1n) is 9.83. The Kier molecular flexibility index (Phi) is 6.40. The highest BCUT2D eigenvalue weighted by Crippen LogP contribution is 2.43. The first kappa shape index (κ1) is 22.8. The van der Waals surface area contributed by atoms with E-state index < -0.39 is 29.3 Å². The van der Waals surface area contributed by atoms with Gasteiger partial charge in [0.1, 0.15) is 23.1 Å². The maximum absolute atomic E-state index is 13.6. The normalized spacial score (nSPS) is 17.5. The Morgan fingerprint density at radius 3 is 2.42 bits per heavy atom. The molecular formula is C24H19ClFNO5S. The molecule has 170 valence electrons. The summed E-state index contributed by atoms with van der Waals surface area (Å²) in [4.78, 5) is 28.4. The number of thiophene rings is 1. The molecule has 1 N–H and O–H groups in total. The largest absolute Gasteiger partial charge is 0.507 e. The summed E-state index contributed by atoms with van der Waals surface area (Å²) in [5, 5.41) is 13.4. The number of hydrogen-bond donors (Lipinski definition) is 1. The van der Waals surface area contributed by atoms with Crippen molar-refractivity contribution in [3.8, 4) is 11.5 Å². The number of rotatable bonds is 6. The predicted octanol–water partition coefficient (Wildman–Crippen LogP) is 5.18. The van der Waals surface area contributed by atoms with Crippen LogP contribution in [0.25, 0.3) is 5.76 Å². The molecular weight excluding hydrogens is 469 g/mol. The second kappa shape index (κ2) is 9.25. The molecule has 6 nitrogen and oxygen atoms in total. The number of amides is 1. The number of nitrogens with zero attached hydrogens (tertiary/aromatic N) is 1. The van der Waals surface area contributed by atoms with E-state index in [1.165, 1.54) is 66.9 Å². The van der Waals surface area contributed by atoms with Gasteiger partial charge < -0.3 is 19.5 Å². The van der Waals surface area contributed by atoms with E-state index in [4.69, 9.17) is 21.1 Å². The molecule has 1 aliphatic rings. The number of halogens is 2. The summed E-state index contributed by atoms with van der Waals surface area (Å²) >= 11 is 7.61. The molecule has 1 atom stereocenters. The van der Waals surface area contributed by atoms with Crippen LogP contribution in [0.4, 0.5) is 4.39 Å². The molecule has 1 aromatic heterocycles. The fourth-order valence-corrected chi connectivity index (χ4v) is 4.73. The second-order valence-electron chi connectivity index (χ2n) is 7.24.